The van der Waals surface area contributed by atoms with Gasteiger partial charge in [0.2, 0.25) is 0 Å². The van der Waals surface area contributed by atoms with Crippen LogP contribution >= 0.6 is 0 Å². The predicted octanol–water partition coefficient (Wildman–Crippen LogP) is 3.65. The standard InChI is InChI=1S/C11H9NO2/c1-8-6-7-11(14-8)9-4-2-3-5-10(9)12-13/h2-7H,1H3. The molecule has 2 aromatic rings. The Kier molecular flexibility index (Phi) is 2.14. The van der Waals surface area contributed by atoms with Gasteiger partial charge in [-0.1, -0.05) is 12.1 Å². The van der Waals surface area contributed by atoms with E-state index in [4.69, 9.17) is 4.42 Å². The van der Waals surface area contributed by atoms with Gasteiger partial charge in [0.05, 0.1) is 0 Å². The summed E-state index contributed by atoms with van der Waals surface area (Å²) < 4.78 is 5.41. The van der Waals surface area contributed by atoms with Crippen molar-refractivity contribution in [2.75, 3.05) is 0 Å². The third-order valence-corrected chi connectivity index (χ3v) is 2.01. The van der Waals surface area contributed by atoms with Crippen molar-refractivity contribution in [2.45, 2.75) is 6.92 Å². The molecule has 0 amide bonds. The van der Waals surface area contributed by atoms with Crippen LogP contribution in [0.3, 0.4) is 0 Å². The second kappa shape index (κ2) is 3.46. The highest BCUT2D eigenvalue weighted by atomic mass is 16.3. The van der Waals surface area contributed by atoms with Gasteiger partial charge in [0, 0.05) is 5.56 Å². The van der Waals surface area contributed by atoms with Gasteiger partial charge in [-0.2, -0.15) is 0 Å². The Morgan fingerprint density at radius 2 is 1.93 bits per heavy atom. The molecule has 0 aliphatic heterocycles. The maximum Gasteiger partial charge on any atom is 0.136 e. The fourth-order valence-electron chi connectivity index (χ4n) is 1.34. The molecule has 0 aliphatic rings. The fraction of sp³-hybridized carbons (Fsp3) is 0.0909. The van der Waals surface area contributed by atoms with Crippen molar-refractivity contribution in [1.82, 2.24) is 0 Å². The van der Waals surface area contributed by atoms with E-state index in [1.165, 1.54) is 0 Å². The molecule has 2 rings (SSSR count). The van der Waals surface area contributed by atoms with Crippen LogP contribution in [0.4, 0.5) is 5.69 Å². The number of nitroso groups, excluding NO2 is 1. The van der Waals surface area contributed by atoms with Crippen LogP contribution in [0.5, 0.6) is 0 Å². The first kappa shape index (κ1) is 8.69. The number of aryl methyl sites for hydroxylation is 1. The molecule has 1 heterocycles. The first-order valence-electron chi connectivity index (χ1n) is 4.30. The van der Waals surface area contributed by atoms with E-state index in [1.54, 1.807) is 12.1 Å². The van der Waals surface area contributed by atoms with Crippen LogP contribution in [-0.2, 0) is 0 Å². The molecule has 3 heteroatoms. The van der Waals surface area contributed by atoms with Crippen LogP contribution in [0.2, 0.25) is 0 Å². The summed E-state index contributed by atoms with van der Waals surface area (Å²) in [6, 6.07) is 10.8. The molecule has 0 saturated carbocycles. The van der Waals surface area contributed by atoms with Crippen LogP contribution < -0.4 is 0 Å². The number of benzene rings is 1. The molecule has 1 aromatic heterocycles. The van der Waals surface area contributed by atoms with E-state index in [2.05, 4.69) is 5.18 Å². The molecule has 14 heavy (non-hydrogen) atoms. The van der Waals surface area contributed by atoms with Crippen LogP contribution in [-0.4, -0.2) is 0 Å². The smallest absolute Gasteiger partial charge is 0.136 e. The highest BCUT2D eigenvalue weighted by molar-refractivity contribution is 5.71. The van der Waals surface area contributed by atoms with E-state index in [9.17, 15) is 4.91 Å². The lowest BCUT2D eigenvalue weighted by atomic mass is 10.1. The van der Waals surface area contributed by atoms with Gasteiger partial charge in [0.15, 0.2) is 0 Å². The Balaban J connectivity index is 2.55. The molecule has 1 aromatic carbocycles. The number of furan rings is 1. The topological polar surface area (TPSA) is 42.6 Å². The van der Waals surface area contributed by atoms with Crippen LogP contribution in [0, 0.1) is 11.8 Å². The Bertz CT molecular complexity index is 460. The minimum atomic E-state index is 0.404. The maximum atomic E-state index is 10.5. The normalized spacial score (nSPS) is 10.1. The van der Waals surface area contributed by atoms with Crippen molar-refractivity contribution < 1.29 is 4.42 Å². The lowest BCUT2D eigenvalue weighted by Crippen LogP contribution is -1.73. The number of nitrogens with zero attached hydrogens (tertiary/aromatic N) is 1. The fourth-order valence-corrected chi connectivity index (χ4v) is 1.34. The molecule has 0 radical (unpaired) electrons. The van der Waals surface area contributed by atoms with E-state index < -0.39 is 0 Å². The highest BCUT2D eigenvalue weighted by Crippen LogP contribution is 2.30. The summed E-state index contributed by atoms with van der Waals surface area (Å²) in [6.45, 7) is 1.86. The Morgan fingerprint density at radius 1 is 1.14 bits per heavy atom. The van der Waals surface area contributed by atoms with E-state index in [-0.39, 0.29) is 0 Å². The zero-order valence-corrected chi connectivity index (χ0v) is 7.73. The van der Waals surface area contributed by atoms with Crippen molar-refractivity contribution in [3.05, 3.63) is 47.1 Å². The van der Waals surface area contributed by atoms with E-state index in [0.717, 1.165) is 11.3 Å². The molecule has 0 fully saturated rings. The van der Waals surface area contributed by atoms with Crippen molar-refractivity contribution in [3.63, 3.8) is 0 Å². The molecule has 0 bridgehead atoms. The average molecular weight is 187 g/mol. The Labute approximate surface area is 81.3 Å². The first-order valence-corrected chi connectivity index (χ1v) is 4.30. The van der Waals surface area contributed by atoms with Crippen molar-refractivity contribution >= 4 is 5.69 Å². The van der Waals surface area contributed by atoms with Gasteiger partial charge in [0.25, 0.3) is 0 Å². The van der Waals surface area contributed by atoms with Crippen molar-refractivity contribution in [3.8, 4) is 11.3 Å². The van der Waals surface area contributed by atoms with Crippen LogP contribution in [0.1, 0.15) is 5.76 Å². The Hall–Kier alpha value is -1.90. The summed E-state index contributed by atoms with van der Waals surface area (Å²) in [5.41, 5.74) is 1.14. The zero-order chi connectivity index (χ0) is 9.97. The third-order valence-electron chi connectivity index (χ3n) is 2.01. The van der Waals surface area contributed by atoms with E-state index >= 15 is 0 Å². The second-order valence-corrected chi connectivity index (χ2v) is 3.02. The summed E-state index contributed by atoms with van der Waals surface area (Å²) in [7, 11) is 0. The number of hydrogen-bond donors (Lipinski definition) is 0. The molecule has 70 valence electrons. The zero-order valence-electron chi connectivity index (χ0n) is 7.73. The van der Waals surface area contributed by atoms with Gasteiger partial charge in [-0.05, 0) is 36.4 Å². The third kappa shape index (κ3) is 1.44. The van der Waals surface area contributed by atoms with Crippen LogP contribution in [0.25, 0.3) is 11.3 Å². The average Bonchev–Trinajstić information content (AvgIpc) is 2.65. The van der Waals surface area contributed by atoms with Gasteiger partial charge in [-0.25, -0.2) is 0 Å². The van der Waals surface area contributed by atoms with Gasteiger partial charge in [-0.15, -0.1) is 4.91 Å². The highest BCUT2D eigenvalue weighted by Gasteiger charge is 2.07. The monoisotopic (exact) mass is 187 g/mol. The molecule has 3 nitrogen and oxygen atoms in total. The predicted molar refractivity (Wildman–Crippen MR) is 54.3 cm³/mol. The summed E-state index contributed by atoms with van der Waals surface area (Å²) in [6.07, 6.45) is 0. The molecule has 0 saturated heterocycles. The summed E-state index contributed by atoms with van der Waals surface area (Å²) in [5.74, 6) is 1.50. The van der Waals surface area contributed by atoms with Gasteiger partial charge in [0.1, 0.15) is 17.2 Å². The summed E-state index contributed by atoms with van der Waals surface area (Å²) in [5, 5.41) is 2.95. The van der Waals surface area contributed by atoms with Crippen molar-refractivity contribution in [1.29, 1.82) is 0 Å². The number of rotatable bonds is 2. The van der Waals surface area contributed by atoms with E-state index in [1.807, 2.05) is 31.2 Å². The largest absolute Gasteiger partial charge is 0.461 e. The first-order chi connectivity index (χ1) is 6.81. The van der Waals surface area contributed by atoms with Crippen LogP contribution in [0.15, 0.2) is 46.0 Å². The number of hydrogen-bond acceptors (Lipinski definition) is 3. The minimum Gasteiger partial charge on any atom is -0.461 e. The van der Waals surface area contributed by atoms with Gasteiger partial charge in [-0.3, -0.25) is 0 Å². The van der Waals surface area contributed by atoms with E-state index in [0.29, 0.717) is 11.4 Å². The molecular formula is C11H9NO2. The summed E-state index contributed by atoms with van der Waals surface area (Å²) >= 11 is 0. The maximum absolute atomic E-state index is 10.5. The lowest BCUT2D eigenvalue weighted by molar-refractivity contribution is 0.548. The molecule has 0 atom stereocenters. The molecular weight excluding hydrogens is 178 g/mol. The van der Waals surface area contributed by atoms with Gasteiger partial charge >= 0.3 is 0 Å². The second-order valence-electron chi connectivity index (χ2n) is 3.02. The van der Waals surface area contributed by atoms with Crippen molar-refractivity contribution in [2.24, 2.45) is 5.18 Å². The lowest BCUT2D eigenvalue weighted by Gasteiger charge is -1.98. The minimum absolute atomic E-state index is 0.404. The molecule has 0 aliphatic carbocycles. The molecule has 0 unspecified atom stereocenters. The van der Waals surface area contributed by atoms with Gasteiger partial charge < -0.3 is 4.42 Å². The molecule has 0 spiro atoms. The molecule has 0 N–H and O–H groups in total. The SMILES string of the molecule is Cc1ccc(-c2ccccc2N=O)o1. The quantitative estimate of drug-likeness (QED) is 0.673. The summed E-state index contributed by atoms with van der Waals surface area (Å²) in [4.78, 5) is 10.5. The Morgan fingerprint density at radius 3 is 2.57 bits per heavy atom.